The van der Waals surface area contributed by atoms with Crippen LogP contribution in [0.15, 0.2) is 47.4 Å². The maximum absolute atomic E-state index is 13.5. The van der Waals surface area contributed by atoms with E-state index in [-0.39, 0.29) is 20.0 Å². The summed E-state index contributed by atoms with van der Waals surface area (Å²) in [4.78, 5) is 24.9. The van der Waals surface area contributed by atoms with Crippen LogP contribution in [0.1, 0.15) is 18.1 Å². The molecule has 1 unspecified atom stereocenters. The van der Waals surface area contributed by atoms with Crippen molar-refractivity contribution in [2.75, 3.05) is 4.90 Å². The molecule has 0 aliphatic carbocycles. The van der Waals surface area contributed by atoms with Gasteiger partial charge in [-0.3, -0.25) is 9.69 Å². The number of nitrogens with zero attached hydrogens (tertiary/aromatic N) is 1. The largest absolute Gasteiger partial charge is 0.479 e. The number of amides is 1. The van der Waals surface area contributed by atoms with Crippen LogP contribution in [-0.2, 0) is 15.8 Å². The predicted molar refractivity (Wildman–Crippen MR) is 116 cm³/mol. The maximum atomic E-state index is 13.5. The lowest BCUT2D eigenvalue weighted by atomic mass is 10.1. The second kappa shape index (κ2) is 8.89. The Morgan fingerprint density at radius 2 is 1.97 bits per heavy atom. The van der Waals surface area contributed by atoms with Gasteiger partial charge in [-0.15, -0.1) is 0 Å². The Kier molecular flexibility index (Phi) is 6.63. The van der Waals surface area contributed by atoms with Crippen LogP contribution in [0.5, 0.6) is 5.75 Å². The van der Waals surface area contributed by atoms with Gasteiger partial charge in [0, 0.05) is 10.6 Å². The van der Waals surface area contributed by atoms with Crippen LogP contribution in [0.25, 0.3) is 6.08 Å². The first-order chi connectivity index (χ1) is 14.5. The number of carbonyl (C=O) groups excluding carboxylic acids is 1. The van der Waals surface area contributed by atoms with Gasteiger partial charge < -0.3 is 9.84 Å². The Morgan fingerprint density at radius 3 is 2.61 bits per heavy atom. The number of carboxylic acids is 1. The molecule has 1 aliphatic heterocycles. The van der Waals surface area contributed by atoms with E-state index < -0.39 is 35.4 Å². The van der Waals surface area contributed by atoms with Crippen LogP contribution in [0, 0.1) is 0 Å². The number of aliphatic carboxylic acids is 1. The van der Waals surface area contributed by atoms with Crippen molar-refractivity contribution in [3.8, 4) is 5.75 Å². The zero-order valence-corrected chi connectivity index (χ0v) is 18.0. The van der Waals surface area contributed by atoms with E-state index in [1.54, 1.807) is 18.2 Å². The Hall–Kier alpha value is -2.56. The number of hydrogen-bond donors (Lipinski definition) is 1. The van der Waals surface area contributed by atoms with Gasteiger partial charge in [0.1, 0.15) is 5.75 Å². The molecule has 1 amide bonds. The van der Waals surface area contributed by atoms with E-state index in [1.807, 2.05) is 0 Å². The monoisotopic (exact) mass is 487 g/mol. The van der Waals surface area contributed by atoms with Gasteiger partial charge in [-0.05, 0) is 37.3 Å². The summed E-state index contributed by atoms with van der Waals surface area (Å²) in [6.45, 7) is 1.35. The standard InChI is InChI=1S/C20H13ClF3NO4S2/c1-10(18(27)28)29-15-5-3-2-4-11(15)8-16-17(26)25(19(30)31-16)14-7-6-12(21)9-13(14)20(22,23)24/h2-10H,1H3,(H,27,28)/b16-8+. The molecule has 2 aromatic rings. The number of para-hydroxylation sites is 1. The molecule has 1 aliphatic rings. The molecule has 3 rings (SSSR count). The van der Waals surface area contributed by atoms with Gasteiger partial charge in [-0.25, -0.2) is 4.79 Å². The van der Waals surface area contributed by atoms with Crippen LogP contribution in [0.3, 0.4) is 0 Å². The number of thiocarbonyl (C=S) groups is 1. The highest BCUT2D eigenvalue weighted by molar-refractivity contribution is 8.27. The fraction of sp³-hybridized carbons (Fsp3) is 0.150. The molecule has 0 radical (unpaired) electrons. The molecule has 0 saturated carbocycles. The zero-order chi connectivity index (χ0) is 22.9. The molecule has 0 bridgehead atoms. The molecule has 1 atom stereocenters. The van der Waals surface area contributed by atoms with Crippen molar-refractivity contribution < 1.29 is 32.6 Å². The molecular formula is C20H13ClF3NO4S2. The van der Waals surface area contributed by atoms with Crippen molar-refractivity contribution in [2.45, 2.75) is 19.2 Å². The number of carboxylic acid groups (broad SMARTS) is 1. The van der Waals surface area contributed by atoms with Gasteiger partial charge in [0.2, 0.25) is 0 Å². The Labute approximate surface area is 189 Å². The van der Waals surface area contributed by atoms with Gasteiger partial charge >= 0.3 is 12.1 Å². The molecule has 1 fully saturated rings. The van der Waals surface area contributed by atoms with Crippen molar-refractivity contribution in [2.24, 2.45) is 0 Å². The second-order valence-electron chi connectivity index (χ2n) is 6.31. The second-order valence-corrected chi connectivity index (χ2v) is 8.42. The van der Waals surface area contributed by atoms with Gasteiger partial charge in [0.25, 0.3) is 5.91 Å². The van der Waals surface area contributed by atoms with E-state index in [0.29, 0.717) is 5.56 Å². The minimum atomic E-state index is -4.75. The molecule has 2 aromatic carbocycles. The third-order valence-electron chi connectivity index (χ3n) is 4.16. The summed E-state index contributed by atoms with van der Waals surface area (Å²) < 4.78 is 45.8. The van der Waals surface area contributed by atoms with Crippen LogP contribution in [-0.4, -0.2) is 27.4 Å². The zero-order valence-electron chi connectivity index (χ0n) is 15.6. The molecule has 162 valence electrons. The van der Waals surface area contributed by atoms with E-state index >= 15 is 0 Å². The number of thioether (sulfide) groups is 1. The normalized spacial score (nSPS) is 16.7. The molecule has 0 aromatic heterocycles. The van der Waals surface area contributed by atoms with Gasteiger partial charge in [-0.1, -0.05) is 53.8 Å². The first-order valence-corrected chi connectivity index (χ1v) is 10.2. The molecule has 1 saturated heterocycles. The number of ether oxygens (including phenoxy) is 1. The highest BCUT2D eigenvalue weighted by atomic mass is 35.5. The Morgan fingerprint density at radius 1 is 1.29 bits per heavy atom. The Bertz CT molecular complexity index is 1100. The number of halogens is 4. The molecule has 0 spiro atoms. The van der Waals surface area contributed by atoms with Gasteiger partial charge in [0.05, 0.1) is 16.2 Å². The molecule has 31 heavy (non-hydrogen) atoms. The number of carbonyl (C=O) groups is 2. The number of benzene rings is 2. The van der Waals surface area contributed by atoms with Crippen LogP contribution in [0.4, 0.5) is 18.9 Å². The predicted octanol–water partition coefficient (Wildman–Crippen LogP) is 5.62. The molecule has 1 heterocycles. The summed E-state index contributed by atoms with van der Waals surface area (Å²) in [7, 11) is 0. The van der Waals surface area contributed by atoms with Crippen molar-refractivity contribution in [1.82, 2.24) is 0 Å². The number of alkyl halides is 3. The topological polar surface area (TPSA) is 66.8 Å². The highest BCUT2D eigenvalue weighted by Gasteiger charge is 2.41. The van der Waals surface area contributed by atoms with E-state index in [2.05, 4.69) is 0 Å². The van der Waals surface area contributed by atoms with E-state index in [4.69, 9.17) is 33.7 Å². The van der Waals surface area contributed by atoms with Crippen molar-refractivity contribution in [1.29, 1.82) is 0 Å². The smallest absolute Gasteiger partial charge is 0.418 e. The van der Waals surface area contributed by atoms with Gasteiger partial charge in [0.15, 0.2) is 10.4 Å². The lowest BCUT2D eigenvalue weighted by Crippen LogP contribution is -2.30. The van der Waals surface area contributed by atoms with Crippen molar-refractivity contribution in [3.63, 3.8) is 0 Å². The van der Waals surface area contributed by atoms with Gasteiger partial charge in [-0.2, -0.15) is 13.2 Å². The molecule has 1 N–H and O–H groups in total. The third-order valence-corrected chi connectivity index (χ3v) is 5.69. The van der Waals surface area contributed by atoms with Crippen LogP contribution < -0.4 is 9.64 Å². The van der Waals surface area contributed by atoms with Crippen molar-refractivity contribution in [3.05, 3.63) is 63.5 Å². The summed E-state index contributed by atoms with van der Waals surface area (Å²) in [6.07, 6.45) is -4.50. The lowest BCUT2D eigenvalue weighted by Gasteiger charge is -2.20. The summed E-state index contributed by atoms with van der Waals surface area (Å²) in [5.41, 5.74) is -1.13. The lowest BCUT2D eigenvalue weighted by molar-refractivity contribution is -0.144. The highest BCUT2D eigenvalue weighted by Crippen LogP contribution is 2.43. The quantitative estimate of drug-likeness (QED) is 0.436. The van der Waals surface area contributed by atoms with Crippen LogP contribution in [0.2, 0.25) is 5.02 Å². The van der Waals surface area contributed by atoms with E-state index in [9.17, 15) is 22.8 Å². The fourth-order valence-corrected chi connectivity index (χ4v) is 4.14. The number of hydrogen-bond acceptors (Lipinski definition) is 5. The average molecular weight is 488 g/mol. The third kappa shape index (κ3) is 5.03. The van der Waals surface area contributed by atoms with Crippen molar-refractivity contribution >= 4 is 63.5 Å². The first-order valence-electron chi connectivity index (χ1n) is 8.62. The SMILES string of the molecule is CC(Oc1ccccc1/C=C1/SC(=S)N(c2ccc(Cl)cc2C(F)(F)F)C1=O)C(=O)O. The van der Waals surface area contributed by atoms with Crippen LogP contribution >= 0.6 is 35.6 Å². The first kappa shape index (κ1) is 23.1. The Balaban J connectivity index is 1.99. The summed E-state index contributed by atoms with van der Waals surface area (Å²) in [5, 5.41) is 8.91. The number of rotatable bonds is 5. The molecular weight excluding hydrogens is 475 g/mol. The fourth-order valence-electron chi connectivity index (χ4n) is 2.69. The minimum absolute atomic E-state index is 0.0621. The molecule has 11 heteroatoms. The average Bonchev–Trinajstić information content (AvgIpc) is 2.96. The maximum Gasteiger partial charge on any atom is 0.418 e. The summed E-state index contributed by atoms with van der Waals surface area (Å²) >= 11 is 11.7. The molecule has 5 nitrogen and oxygen atoms in total. The summed E-state index contributed by atoms with van der Waals surface area (Å²) in [5.74, 6) is -1.72. The van der Waals surface area contributed by atoms with E-state index in [1.165, 1.54) is 25.1 Å². The minimum Gasteiger partial charge on any atom is -0.479 e. The number of anilines is 1. The van der Waals surface area contributed by atoms with E-state index in [0.717, 1.165) is 28.8 Å². The summed E-state index contributed by atoms with van der Waals surface area (Å²) in [6, 6.07) is 9.43.